The zero-order chi connectivity index (χ0) is 62.5. The second-order valence-electron chi connectivity index (χ2n) is 22.4. The summed E-state index contributed by atoms with van der Waals surface area (Å²) in [5.74, 6) is -5.80. The molecular weight excluding hydrogens is 1100 g/mol. The van der Waals surface area contributed by atoms with Crippen LogP contribution in [-0.4, -0.2) is 149 Å². The third-order valence-electron chi connectivity index (χ3n) is 14.4. The molecule has 0 amide bonds. The van der Waals surface area contributed by atoms with Gasteiger partial charge in [-0.1, -0.05) is 154 Å². The maximum absolute atomic E-state index is 13.1. The lowest BCUT2D eigenvalue weighted by Crippen LogP contribution is -2.67. The Hall–Kier alpha value is -4.47. The first-order valence-electron chi connectivity index (χ1n) is 32.2. The predicted molar refractivity (Wildman–Crippen MR) is 319 cm³/mol. The van der Waals surface area contributed by atoms with Crippen LogP contribution in [0, 0.1) is 0 Å². The van der Waals surface area contributed by atoms with Crippen molar-refractivity contribution >= 4 is 41.8 Å². The lowest BCUT2D eigenvalue weighted by atomic mass is 9.96. The van der Waals surface area contributed by atoms with E-state index in [1.165, 1.54) is 103 Å². The smallest absolute Gasteiger partial charge is 0.303 e. The fourth-order valence-electron chi connectivity index (χ4n) is 10.2. The third-order valence-corrected chi connectivity index (χ3v) is 14.4. The third kappa shape index (κ3) is 37.1. The van der Waals surface area contributed by atoms with Crippen LogP contribution in [-0.2, 0) is 95.1 Å². The maximum atomic E-state index is 13.1. The predicted octanol–water partition coefficient (Wildman–Crippen LogP) is 12.1. The summed E-state index contributed by atoms with van der Waals surface area (Å²) < 4.78 is 77.6. The van der Waals surface area contributed by atoms with E-state index in [0.717, 1.165) is 126 Å². The molecule has 2 rings (SSSR count). The highest BCUT2D eigenvalue weighted by Gasteiger charge is 2.58. The summed E-state index contributed by atoms with van der Waals surface area (Å²) in [6.45, 7) is 12.1. The molecule has 0 aliphatic carbocycles. The first-order valence-corrected chi connectivity index (χ1v) is 32.2. The first kappa shape index (κ1) is 76.6. The molecular formula is C65H110O20. The van der Waals surface area contributed by atoms with Crippen LogP contribution in [0.1, 0.15) is 242 Å². The van der Waals surface area contributed by atoms with Crippen molar-refractivity contribution in [2.45, 2.75) is 310 Å². The van der Waals surface area contributed by atoms with Gasteiger partial charge in [-0.05, 0) is 64.2 Å². The van der Waals surface area contributed by atoms with Crippen molar-refractivity contribution in [1.29, 1.82) is 0 Å². The van der Waals surface area contributed by atoms with Gasteiger partial charge in [0.15, 0.2) is 43.1 Å². The maximum Gasteiger partial charge on any atom is 0.303 e. The summed E-state index contributed by atoms with van der Waals surface area (Å²) in [5.41, 5.74) is 0. The van der Waals surface area contributed by atoms with Gasteiger partial charge in [-0.2, -0.15) is 0 Å². The molecule has 20 nitrogen and oxygen atoms in total. The van der Waals surface area contributed by atoms with Crippen molar-refractivity contribution in [2.75, 3.05) is 39.6 Å². The molecule has 0 saturated carbocycles. The largest absolute Gasteiger partial charge is 0.463 e. The Kier molecular flexibility index (Phi) is 43.7. The van der Waals surface area contributed by atoms with Crippen LogP contribution < -0.4 is 0 Å². The fourth-order valence-corrected chi connectivity index (χ4v) is 10.2. The lowest BCUT2D eigenvalue weighted by Gasteiger charge is -2.49. The highest BCUT2D eigenvalue weighted by Crippen LogP contribution is 2.36. The lowest BCUT2D eigenvalue weighted by molar-refractivity contribution is -0.365. The molecule has 490 valence electrons. The first-order chi connectivity index (χ1) is 41.0. The molecule has 85 heavy (non-hydrogen) atoms. The van der Waals surface area contributed by atoms with Gasteiger partial charge in [0.1, 0.15) is 37.6 Å². The summed E-state index contributed by atoms with van der Waals surface area (Å²) in [4.78, 5) is 88.5. The number of hydrogen-bond donors (Lipinski definition) is 0. The Morgan fingerprint density at radius 1 is 0.353 bits per heavy atom. The second-order valence-corrected chi connectivity index (χ2v) is 22.4. The van der Waals surface area contributed by atoms with Crippen LogP contribution >= 0.6 is 0 Å². The van der Waals surface area contributed by atoms with Crippen LogP contribution in [0.25, 0.3) is 0 Å². The Bertz CT molecular complexity index is 1840. The minimum absolute atomic E-state index is 0.0443. The van der Waals surface area contributed by atoms with Crippen molar-refractivity contribution < 1.29 is 95.1 Å². The van der Waals surface area contributed by atoms with Gasteiger partial charge in [0.25, 0.3) is 0 Å². The normalized spacial score (nSPS) is 22.3. The number of allylic oxidation sites excluding steroid dienone is 4. The van der Waals surface area contributed by atoms with Gasteiger partial charge >= 0.3 is 41.8 Å². The summed E-state index contributed by atoms with van der Waals surface area (Å²) in [6.07, 6.45) is 25.5. The van der Waals surface area contributed by atoms with Crippen molar-refractivity contribution in [2.24, 2.45) is 0 Å². The van der Waals surface area contributed by atoms with E-state index < -0.39 is 123 Å². The Morgan fingerprint density at radius 2 is 0.659 bits per heavy atom. The summed E-state index contributed by atoms with van der Waals surface area (Å²) in [5, 5.41) is 0. The van der Waals surface area contributed by atoms with E-state index in [1.54, 1.807) is 0 Å². The van der Waals surface area contributed by atoms with Gasteiger partial charge in [-0.25, -0.2) is 0 Å². The summed E-state index contributed by atoms with van der Waals surface area (Å²) in [6, 6.07) is 0. The van der Waals surface area contributed by atoms with E-state index in [2.05, 4.69) is 38.2 Å². The number of carbonyl (C=O) groups is 7. The molecule has 2 aliphatic rings. The molecule has 0 N–H and O–H groups in total. The number of hydrogen-bond acceptors (Lipinski definition) is 20. The van der Waals surface area contributed by atoms with Crippen LogP contribution in [0.5, 0.6) is 0 Å². The molecule has 2 fully saturated rings. The fraction of sp³-hybridized carbons (Fsp3) is 0.831. The molecule has 0 aromatic carbocycles. The number of ether oxygens (including phenoxy) is 13. The molecule has 20 heteroatoms. The number of rotatable bonds is 49. The SMILES string of the molecule is CCCCCCCC/C=C\CCCCCCCCOCC(COCCCCCCCC/C=C\CCCCCCCC)O[C@@H]1O[C@H](COC(C)=O)[C@@H](O[C@H]2O[C@H](COC(C)=O)[C@@H](OC(C)=O)[C@H](OC(C)=O)[C@H]2OC(C)=O)[C@H](OC(C)=O)[C@H]1OC(C)=O. The molecule has 2 heterocycles. The number of carbonyl (C=O) groups excluding carboxylic acids is 7. The molecule has 10 atom stereocenters. The standard InChI is InChI=1S/C65H110O20/c1-10-12-14-16-18-20-22-24-26-28-30-32-34-36-38-40-42-73-44-55(45-74-43-41-39-37-35-33-31-29-27-25-23-21-19-17-15-13-11-2)82-64-62(80-53(8)71)61(79-52(7)70)59(57(83-64)47-76-49(4)67)85-65-63(81-54(9)72)60(78-51(6)69)58(77-50(5)68)56(84-65)46-75-48(3)66/h24-27,55-65H,10-23,28-47H2,1-9H3/b26-24-,27-25-/t56-,57-,58-,59-,60+,61+,62-,63-,64-,65-/m1/s1. The highest BCUT2D eigenvalue weighted by atomic mass is 16.8. The van der Waals surface area contributed by atoms with E-state index in [1.807, 2.05) is 0 Å². The van der Waals surface area contributed by atoms with Crippen molar-refractivity contribution in [3.8, 4) is 0 Å². The Morgan fingerprint density at radius 3 is 1.04 bits per heavy atom. The minimum Gasteiger partial charge on any atom is -0.463 e. The summed E-state index contributed by atoms with van der Waals surface area (Å²) >= 11 is 0. The molecule has 0 spiro atoms. The molecule has 2 saturated heterocycles. The molecule has 0 unspecified atom stereocenters. The van der Waals surface area contributed by atoms with Gasteiger partial charge in [0, 0.05) is 61.7 Å². The van der Waals surface area contributed by atoms with Gasteiger partial charge in [0.2, 0.25) is 0 Å². The monoisotopic (exact) mass is 1210 g/mol. The average Bonchev–Trinajstić information content (AvgIpc) is 1.32. The average molecular weight is 1210 g/mol. The Balaban J connectivity index is 2.31. The molecule has 0 radical (unpaired) electrons. The quantitative estimate of drug-likeness (QED) is 0.0238. The zero-order valence-corrected chi connectivity index (χ0v) is 53.4. The topological polar surface area (TPSA) is 239 Å². The van der Waals surface area contributed by atoms with Crippen LogP contribution in [0.4, 0.5) is 0 Å². The second kappa shape index (κ2) is 48.5. The van der Waals surface area contributed by atoms with E-state index in [9.17, 15) is 33.6 Å². The van der Waals surface area contributed by atoms with E-state index >= 15 is 0 Å². The van der Waals surface area contributed by atoms with Crippen molar-refractivity contribution in [1.82, 2.24) is 0 Å². The molecule has 0 aromatic rings. The van der Waals surface area contributed by atoms with Gasteiger partial charge in [0.05, 0.1) is 13.2 Å². The molecule has 0 bridgehead atoms. The van der Waals surface area contributed by atoms with Crippen molar-refractivity contribution in [3.63, 3.8) is 0 Å². The van der Waals surface area contributed by atoms with Crippen LogP contribution in [0.3, 0.4) is 0 Å². The van der Waals surface area contributed by atoms with Crippen LogP contribution in [0.15, 0.2) is 24.3 Å². The number of esters is 7. The summed E-state index contributed by atoms with van der Waals surface area (Å²) in [7, 11) is 0. The molecule has 2 aliphatic heterocycles. The van der Waals surface area contributed by atoms with Gasteiger partial charge in [-0.3, -0.25) is 33.6 Å². The van der Waals surface area contributed by atoms with Gasteiger partial charge < -0.3 is 61.6 Å². The highest BCUT2D eigenvalue weighted by molar-refractivity contribution is 5.69. The van der Waals surface area contributed by atoms with Gasteiger partial charge in [-0.15, -0.1) is 0 Å². The van der Waals surface area contributed by atoms with E-state index in [-0.39, 0.29) is 13.2 Å². The minimum atomic E-state index is -1.82. The van der Waals surface area contributed by atoms with E-state index in [4.69, 9.17) is 61.6 Å². The van der Waals surface area contributed by atoms with E-state index in [0.29, 0.717) is 13.2 Å². The number of unbranched alkanes of at least 4 members (excludes halogenated alkanes) is 24. The molecule has 0 aromatic heterocycles. The van der Waals surface area contributed by atoms with Crippen molar-refractivity contribution in [3.05, 3.63) is 24.3 Å². The Labute approximate surface area is 508 Å². The zero-order valence-electron chi connectivity index (χ0n) is 53.4. The van der Waals surface area contributed by atoms with Crippen LogP contribution in [0.2, 0.25) is 0 Å².